The number of rotatable bonds is 6. The fraction of sp³-hybridized carbons (Fsp3) is 0.241. The number of ether oxygens (including phenoxy) is 1. The molecule has 1 aliphatic rings. The Bertz CT molecular complexity index is 1360. The Labute approximate surface area is 210 Å². The average molecular weight is 478 g/mol. The summed E-state index contributed by atoms with van der Waals surface area (Å²) in [6.07, 6.45) is 5.23. The van der Waals surface area contributed by atoms with E-state index in [-0.39, 0.29) is 17.8 Å². The van der Waals surface area contributed by atoms with Crippen LogP contribution in [0, 0.1) is 11.3 Å². The van der Waals surface area contributed by atoms with Gasteiger partial charge in [-0.3, -0.25) is 0 Å². The largest absolute Gasteiger partial charge is 0.457 e. The van der Waals surface area contributed by atoms with Crippen molar-refractivity contribution in [3.63, 3.8) is 0 Å². The Morgan fingerprint density at radius 2 is 1.61 bits per heavy atom. The van der Waals surface area contributed by atoms with Crippen LogP contribution in [-0.2, 0) is 6.54 Å². The SMILES string of the molecule is N#Cc1c(-c2ccccc2Oc2ccccc2)nnn1C(=O)N(Cc1ccccc1)C1CCCCC1. The van der Waals surface area contributed by atoms with Gasteiger partial charge in [-0.15, -0.1) is 5.10 Å². The van der Waals surface area contributed by atoms with Crippen LogP contribution in [0.4, 0.5) is 4.79 Å². The Hall–Kier alpha value is -4.44. The molecular weight excluding hydrogens is 450 g/mol. The maximum Gasteiger partial charge on any atom is 0.347 e. The fourth-order valence-electron chi connectivity index (χ4n) is 4.71. The minimum Gasteiger partial charge on any atom is -0.457 e. The number of carbonyl (C=O) groups is 1. The smallest absolute Gasteiger partial charge is 0.347 e. The van der Waals surface area contributed by atoms with Gasteiger partial charge in [0.05, 0.1) is 0 Å². The van der Waals surface area contributed by atoms with Crippen LogP contribution in [0.25, 0.3) is 11.3 Å². The normalized spacial score (nSPS) is 13.6. The van der Waals surface area contributed by atoms with Crippen molar-refractivity contribution in [2.75, 3.05) is 0 Å². The molecule has 7 nitrogen and oxygen atoms in total. The van der Waals surface area contributed by atoms with Crippen LogP contribution in [0.2, 0.25) is 0 Å². The third kappa shape index (κ3) is 4.98. The van der Waals surface area contributed by atoms with E-state index in [4.69, 9.17) is 4.74 Å². The quantitative estimate of drug-likeness (QED) is 0.320. The van der Waals surface area contributed by atoms with Gasteiger partial charge in [-0.2, -0.15) is 9.94 Å². The molecule has 0 radical (unpaired) electrons. The minimum absolute atomic E-state index is 0.0954. The molecule has 0 unspecified atom stereocenters. The summed E-state index contributed by atoms with van der Waals surface area (Å²) in [7, 11) is 0. The highest BCUT2D eigenvalue weighted by Crippen LogP contribution is 2.34. The summed E-state index contributed by atoms with van der Waals surface area (Å²) in [4.78, 5) is 15.7. The van der Waals surface area contributed by atoms with Gasteiger partial charge in [0, 0.05) is 18.2 Å². The second kappa shape index (κ2) is 10.9. The molecule has 1 amide bonds. The number of nitrogens with zero attached hydrogens (tertiary/aromatic N) is 5. The van der Waals surface area contributed by atoms with Crippen LogP contribution >= 0.6 is 0 Å². The van der Waals surface area contributed by atoms with Crippen molar-refractivity contribution >= 4 is 6.03 Å². The summed E-state index contributed by atoms with van der Waals surface area (Å²) < 4.78 is 7.22. The maximum absolute atomic E-state index is 13.9. The molecule has 7 heteroatoms. The van der Waals surface area contributed by atoms with Crippen LogP contribution in [-0.4, -0.2) is 32.0 Å². The van der Waals surface area contributed by atoms with E-state index in [1.54, 1.807) is 0 Å². The van der Waals surface area contributed by atoms with E-state index in [0.717, 1.165) is 35.9 Å². The summed E-state index contributed by atoms with van der Waals surface area (Å²) in [5.41, 5.74) is 2.06. The minimum atomic E-state index is -0.331. The first-order valence-electron chi connectivity index (χ1n) is 12.3. The van der Waals surface area contributed by atoms with Crippen molar-refractivity contribution in [1.82, 2.24) is 19.9 Å². The van der Waals surface area contributed by atoms with E-state index in [2.05, 4.69) is 16.4 Å². The van der Waals surface area contributed by atoms with Crippen molar-refractivity contribution in [1.29, 1.82) is 5.26 Å². The predicted octanol–water partition coefficient (Wildman–Crippen LogP) is 6.41. The fourth-order valence-corrected chi connectivity index (χ4v) is 4.71. The number of para-hydroxylation sites is 2. The summed E-state index contributed by atoms with van der Waals surface area (Å²) >= 11 is 0. The highest BCUT2D eigenvalue weighted by Gasteiger charge is 2.30. The molecule has 1 fully saturated rings. The molecule has 4 aromatic rings. The van der Waals surface area contributed by atoms with E-state index < -0.39 is 0 Å². The number of amides is 1. The lowest BCUT2D eigenvalue weighted by atomic mass is 9.94. The first kappa shape index (κ1) is 23.3. The number of nitriles is 1. The molecule has 3 aromatic carbocycles. The van der Waals surface area contributed by atoms with E-state index in [9.17, 15) is 10.1 Å². The zero-order valence-corrected chi connectivity index (χ0v) is 20.0. The molecule has 0 atom stereocenters. The highest BCUT2D eigenvalue weighted by molar-refractivity contribution is 5.81. The van der Waals surface area contributed by atoms with Gasteiger partial charge in [0.15, 0.2) is 5.69 Å². The number of carbonyl (C=O) groups excluding carboxylic acids is 1. The number of aromatic nitrogens is 3. The van der Waals surface area contributed by atoms with Crippen LogP contribution in [0.1, 0.15) is 43.4 Å². The monoisotopic (exact) mass is 477 g/mol. The lowest BCUT2D eigenvalue weighted by Crippen LogP contribution is -2.44. The van der Waals surface area contributed by atoms with Crippen molar-refractivity contribution in [3.05, 3.63) is 96.2 Å². The van der Waals surface area contributed by atoms with E-state index in [0.29, 0.717) is 29.3 Å². The molecule has 0 aliphatic heterocycles. The first-order valence-corrected chi connectivity index (χ1v) is 12.3. The molecule has 1 aromatic heterocycles. The lowest BCUT2D eigenvalue weighted by molar-refractivity contribution is 0.149. The number of benzene rings is 3. The zero-order chi connectivity index (χ0) is 24.7. The Balaban J connectivity index is 1.50. The Kier molecular flexibility index (Phi) is 7.04. The van der Waals surface area contributed by atoms with Crippen LogP contribution in [0.15, 0.2) is 84.9 Å². The van der Waals surface area contributed by atoms with Crippen molar-refractivity contribution < 1.29 is 9.53 Å². The summed E-state index contributed by atoms with van der Waals surface area (Å²) in [6, 6.07) is 28.6. The molecule has 180 valence electrons. The molecule has 1 heterocycles. The summed E-state index contributed by atoms with van der Waals surface area (Å²) in [6.45, 7) is 0.456. The molecule has 0 N–H and O–H groups in total. The summed E-state index contributed by atoms with van der Waals surface area (Å²) in [5.74, 6) is 1.20. The maximum atomic E-state index is 13.9. The second-order valence-corrected chi connectivity index (χ2v) is 8.91. The van der Waals surface area contributed by atoms with Crippen LogP contribution in [0.5, 0.6) is 11.5 Å². The van der Waals surface area contributed by atoms with Crippen LogP contribution in [0.3, 0.4) is 0 Å². The first-order chi connectivity index (χ1) is 17.7. The highest BCUT2D eigenvalue weighted by atomic mass is 16.5. The van der Waals surface area contributed by atoms with Crippen molar-refractivity contribution in [3.8, 4) is 28.8 Å². The molecule has 36 heavy (non-hydrogen) atoms. The van der Waals surface area contributed by atoms with Gasteiger partial charge in [0.2, 0.25) is 0 Å². The van der Waals surface area contributed by atoms with E-state index in [1.165, 1.54) is 6.42 Å². The van der Waals surface area contributed by atoms with E-state index in [1.807, 2.05) is 89.8 Å². The second-order valence-electron chi connectivity index (χ2n) is 8.91. The zero-order valence-electron chi connectivity index (χ0n) is 20.0. The van der Waals surface area contributed by atoms with Gasteiger partial charge in [0.1, 0.15) is 23.3 Å². The van der Waals surface area contributed by atoms with Gasteiger partial charge in [-0.05, 0) is 42.7 Å². The van der Waals surface area contributed by atoms with Gasteiger partial charge in [-0.25, -0.2) is 4.79 Å². The van der Waals surface area contributed by atoms with Crippen LogP contribution < -0.4 is 4.74 Å². The van der Waals surface area contributed by atoms with E-state index >= 15 is 0 Å². The topological polar surface area (TPSA) is 84.0 Å². The van der Waals surface area contributed by atoms with Gasteiger partial charge in [0.25, 0.3) is 0 Å². The molecule has 1 saturated carbocycles. The molecule has 0 saturated heterocycles. The summed E-state index contributed by atoms with van der Waals surface area (Å²) in [5, 5.41) is 18.5. The molecule has 0 bridgehead atoms. The van der Waals surface area contributed by atoms with Gasteiger partial charge >= 0.3 is 6.03 Å². The molecule has 0 spiro atoms. The van der Waals surface area contributed by atoms with Crippen molar-refractivity contribution in [2.45, 2.75) is 44.7 Å². The standard InChI is InChI=1S/C29H27N5O2/c30-20-26-28(25-18-10-11-19-27(25)36-24-16-8-3-9-17-24)31-32-34(26)29(35)33(23-14-6-2-7-15-23)21-22-12-4-1-5-13-22/h1,3-5,8-13,16-19,23H,2,6-7,14-15,21H2. The third-order valence-electron chi connectivity index (χ3n) is 6.53. The third-order valence-corrected chi connectivity index (χ3v) is 6.53. The van der Waals surface area contributed by atoms with Gasteiger partial charge < -0.3 is 9.64 Å². The molecule has 1 aliphatic carbocycles. The van der Waals surface area contributed by atoms with Crippen molar-refractivity contribution in [2.24, 2.45) is 0 Å². The lowest BCUT2D eigenvalue weighted by Gasteiger charge is -2.34. The van der Waals surface area contributed by atoms with Gasteiger partial charge in [-0.1, -0.05) is 85.1 Å². The average Bonchev–Trinajstić information content (AvgIpc) is 3.37. The number of hydrogen-bond acceptors (Lipinski definition) is 5. The number of hydrogen-bond donors (Lipinski definition) is 0. The Morgan fingerprint density at radius 3 is 2.33 bits per heavy atom. The molecule has 5 rings (SSSR count). The molecular formula is C29H27N5O2. The predicted molar refractivity (Wildman–Crippen MR) is 136 cm³/mol. The Morgan fingerprint density at radius 1 is 0.944 bits per heavy atom.